The highest BCUT2D eigenvalue weighted by molar-refractivity contribution is 6.06. The molecular formula is C18H18N2O4. The second-order valence-corrected chi connectivity index (χ2v) is 5.69. The summed E-state index contributed by atoms with van der Waals surface area (Å²) in [5.41, 5.74) is 2.24. The number of anilines is 1. The summed E-state index contributed by atoms with van der Waals surface area (Å²) in [4.78, 5) is 24.9. The number of ether oxygens (including phenoxy) is 1. The highest BCUT2D eigenvalue weighted by Gasteiger charge is 2.27. The lowest BCUT2D eigenvalue weighted by Crippen LogP contribution is -2.31. The Bertz CT molecular complexity index is 758. The van der Waals surface area contributed by atoms with E-state index in [1.807, 2.05) is 24.3 Å². The average Bonchev–Trinajstić information content (AvgIpc) is 2.80. The van der Waals surface area contributed by atoms with E-state index in [0.717, 1.165) is 24.1 Å². The van der Waals surface area contributed by atoms with Crippen LogP contribution in [0.2, 0.25) is 0 Å². The minimum atomic E-state index is -0.474. The van der Waals surface area contributed by atoms with Gasteiger partial charge in [0, 0.05) is 42.6 Å². The van der Waals surface area contributed by atoms with Crippen LogP contribution < -0.4 is 4.90 Å². The van der Waals surface area contributed by atoms with Crippen LogP contribution >= 0.6 is 0 Å². The minimum Gasteiger partial charge on any atom is -0.377 e. The zero-order chi connectivity index (χ0) is 17.1. The van der Waals surface area contributed by atoms with Crippen LogP contribution in [0.5, 0.6) is 0 Å². The molecule has 124 valence electrons. The zero-order valence-corrected chi connectivity index (χ0v) is 13.3. The molecule has 1 aliphatic rings. The summed E-state index contributed by atoms with van der Waals surface area (Å²) in [5, 5.41) is 10.8. The predicted molar refractivity (Wildman–Crippen MR) is 90.2 cm³/mol. The first kappa shape index (κ1) is 16.1. The molecule has 1 unspecified atom stereocenters. The molecule has 0 N–H and O–H groups in total. The van der Waals surface area contributed by atoms with E-state index in [4.69, 9.17) is 4.74 Å². The fourth-order valence-electron chi connectivity index (χ4n) is 3.05. The molecule has 0 bridgehead atoms. The number of nitro groups is 1. The SMILES string of the molecule is COC1CCCN(C(=O)c2ccc([N+](=O)[O-])cc2)c2ccccc21. The van der Waals surface area contributed by atoms with E-state index >= 15 is 0 Å². The van der Waals surface area contributed by atoms with Gasteiger partial charge in [-0.1, -0.05) is 18.2 Å². The van der Waals surface area contributed by atoms with Gasteiger partial charge in [0.15, 0.2) is 0 Å². The molecule has 1 aliphatic heterocycles. The van der Waals surface area contributed by atoms with Crippen LogP contribution in [-0.2, 0) is 4.74 Å². The summed E-state index contributed by atoms with van der Waals surface area (Å²) in [6, 6.07) is 13.4. The molecule has 3 rings (SSSR count). The standard InChI is InChI=1S/C18H18N2O4/c1-24-17-7-4-12-19(16-6-3-2-5-15(16)17)18(21)13-8-10-14(11-9-13)20(22)23/h2-3,5-6,8-11,17H,4,7,12H2,1H3. The topological polar surface area (TPSA) is 72.7 Å². The molecule has 1 heterocycles. The number of fused-ring (bicyclic) bond motifs is 1. The molecule has 1 amide bonds. The second-order valence-electron chi connectivity index (χ2n) is 5.69. The van der Waals surface area contributed by atoms with Gasteiger partial charge >= 0.3 is 0 Å². The first-order valence-electron chi connectivity index (χ1n) is 7.80. The lowest BCUT2D eigenvalue weighted by Gasteiger charge is -2.23. The fourth-order valence-corrected chi connectivity index (χ4v) is 3.05. The number of nitrogens with zero attached hydrogens (tertiary/aromatic N) is 2. The minimum absolute atomic E-state index is 0.0257. The molecule has 6 heteroatoms. The van der Waals surface area contributed by atoms with E-state index in [1.165, 1.54) is 24.3 Å². The van der Waals surface area contributed by atoms with Crippen LogP contribution in [0.3, 0.4) is 0 Å². The van der Waals surface area contributed by atoms with Crippen molar-refractivity contribution in [3.05, 3.63) is 69.8 Å². The van der Waals surface area contributed by atoms with Crippen molar-refractivity contribution in [3.8, 4) is 0 Å². The first-order valence-corrected chi connectivity index (χ1v) is 7.80. The largest absolute Gasteiger partial charge is 0.377 e. The molecule has 0 fully saturated rings. The number of rotatable bonds is 3. The number of nitro benzene ring substituents is 1. The van der Waals surface area contributed by atoms with Crippen molar-refractivity contribution in [2.45, 2.75) is 18.9 Å². The normalized spacial score (nSPS) is 17.0. The highest BCUT2D eigenvalue weighted by Crippen LogP contribution is 2.35. The molecule has 0 aliphatic carbocycles. The molecule has 0 saturated carbocycles. The Kier molecular flexibility index (Phi) is 4.57. The maximum atomic E-state index is 12.9. The molecular weight excluding hydrogens is 308 g/mol. The predicted octanol–water partition coefficient (Wildman–Crippen LogP) is 3.72. The summed E-state index contributed by atoms with van der Waals surface area (Å²) < 4.78 is 5.56. The van der Waals surface area contributed by atoms with E-state index in [0.29, 0.717) is 12.1 Å². The number of carbonyl (C=O) groups is 1. The molecule has 0 spiro atoms. The van der Waals surface area contributed by atoms with E-state index in [-0.39, 0.29) is 17.7 Å². The van der Waals surface area contributed by atoms with E-state index in [2.05, 4.69) is 0 Å². The van der Waals surface area contributed by atoms with Gasteiger partial charge in [0.2, 0.25) is 0 Å². The molecule has 0 saturated heterocycles. The van der Waals surface area contributed by atoms with Gasteiger partial charge in [0.25, 0.3) is 11.6 Å². The van der Waals surface area contributed by atoms with Gasteiger partial charge in [-0.3, -0.25) is 14.9 Å². The first-order chi connectivity index (χ1) is 11.6. The third-order valence-electron chi connectivity index (χ3n) is 4.28. The average molecular weight is 326 g/mol. The molecule has 1 atom stereocenters. The van der Waals surface area contributed by atoms with Crippen LogP contribution in [-0.4, -0.2) is 24.5 Å². The number of carbonyl (C=O) groups excluding carboxylic acids is 1. The number of hydrogen-bond donors (Lipinski definition) is 0. The van der Waals surface area contributed by atoms with Crippen molar-refractivity contribution in [1.29, 1.82) is 0 Å². The van der Waals surface area contributed by atoms with E-state index in [9.17, 15) is 14.9 Å². The third kappa shape index (κ3) is 3.00. The lowest BCUT2D eigenvalue weighted by molar-refractivity contribution is -0.384. The second kappa shape index (κ2) is 6.80. The summed E-state index contributed by atoms with van der Waals surface area (Å²) in [6.45, 7) is 0.590. The van der Waals surface area contributed by atoms with Crippen LogP contribution in [0, 0.1) is 10.1 Å². The number of hydrogen-bond acceptors (Lipinski definition) is 4. The summed E-state index contributed by atoms with van der Waals surface area (Å²) in [6.07, 6.45) is 1.64. The Balaban J connectivity index is 1.95. The number of benzene rings is 2. The Morgan fingerprint density at radius 3 is 2.58 bits per heavy atom. The van der Waals surface area contributed by atoms with Gasteiger partial charge in [-0.2, -0.15) is 0 Å². The molecule has 2 aromatic carbocycles. The van der Waals surface area contributed by atoms with Gasteiger partial charge in [-0.15, -0.1) is 0 Å². The van der Waals surface area contributed by atoms with Gasteiger partial charge in [0.05, 0.1) is 11.0 Å². The molecule has 0 aromatic heterocycles. The van der Waals surface area contributed by atoms with Crippen molar-refractivity contribution in [1.82, 2.24) is 0 Å². The lowest BCUT2D eigenvalue weighted by atomic mass is 10.0. The highest BCUT2D eigenvalue weighted by atomic mass is 16.6. The van der Waals surface area contributed by atoms with Gasteiger partial charge in [-0.25, -0.2) is 0 Å². The number of amides is 1. The molecule has 2 aromatic rings. The maximum Gasteiger partial charge on any atom is 0.269 e. The van der Waals surface area contributed by atoms with Crippen molar-refractivity contribution < 1.29 is 14.5 Å². The summed E-state index contributed by atoms with van der Waals surface area (Å²) >= 11 is 0. The maximum absolute atomic E-state index is 12.9. The van der Waals surface area contributed by atoms with Gasteiger partial charge < -0.3 is 9.64 Å². The molecule has 24 heavy (non-hydrogen) atoms. The Hall–Kier alpha value is -2.73. The van der Waals surface area contributed by atoms with Crippen molar-refractivity contribution in [3.63, 3.8) is 0 Å². The van der Waals surface area contributed by atoms with Crippen LogP contribution in [0.25, 0.3) is 0 Å². The molecule has 6 nitrogen and oxygen atoms in total. The summed E-state index contributed by atoms with van der Waals surface area (Å²) in [5.74, 6) is -0.158. The monoisotopic (exact) mass is 326 g/mol. The van der Waals surface area contributed by atoms with Crippen LogP contribution in [0.4, 0.5) is 11.4 Å². The number of para-hydroxylation sites is 1. The summed E-state index contributed by atoms with van der Waals surface area (Å²) in [7, 11) is 1.68. The third-order valence-corrected chi connectivity index (χ3v) is 4.28. The van der Waals surface area contributed by atoms with Crippen molar-refractivity contribution in [2.24, 2.45) is 0 Å². The smallest absolute Gasteiger partial charge is 0.269 e. The van der Waals surface area contributed by atoms with Crippen LogP contribution in [0.15, 0.2) is 48.5 Å². The zero-order valence-electron chi connectivity index (χ0n) is 13.3. The van der Waals surface area contributed by atoms with E-state index < -0.39 is 4.92 Å². The Morgan fingerprint density at radius 1 is 1.21 bits per heavy atom. The quantitative estimate of drug-likeness (QED) is 0.636. The Labute approximate surface area is 139 Å². The van der Waals surface area contributed by atoms with Crippen molar-refractivity contribution in [2.75, 3.05) is 18.6 Å². The molecule has 0 radical (unpaired) electrons. The van der Waals surface area contributed by atoms with Crippen LogP contribution in [0.1, 0.15) is 34.9 Å². The van der Waals surface area contributed by atoms with E-state index in [1.54, 1.807) is 12.0 Å². The van der Waals surface area contributed by atoms with Gasteiger partial charge in [-0.05, 0) is 31.0 Å². The number of non-ortho nitro benzene ring substituents is 1. The number of methoxy groups -OCH3 is 1. The fraction of sp³-hybridized carbons (Fsp3) is 0.278. The van der Waals surface area contributed by atoms with Crippen molar-refractivity contribution >= 4 is 17.3 Å². The Morgan fingerprint density at radius 2 is 1.92 bits per heavy atom. The van der Waals surface area contributed by atoms with Gasteiger partial charge in [0.1, 0.15) is 0 Å².